The molecule has 0 aliphatic carbocycles. The van der Waals surface area contributed by atoms with Gasteiger partial charge in [-0.2, -0.15) is 0 Å². The van der Waals surface area contributed by atoms with Gasteiger partial charge in [0.2, 0.25) is 0 Å². The second-order valence-corrected chi connectivity index (χ2v) is 5.06. The van der Waals surface area contributed by atoms with Crippen LogP contribution in [0, 0.1) is 6.92 Å². The fourth-order valence-corrected chi connectivity index (χ4v) is 2.57. The van der Waals surface area contributed by atoms with E-state index in [9.17, 15) is 0 Å². The van der Waals surface area contributed by atoms with Crippen molar-refractivity contribution in [2.45, 2.75) is 25.8 Å². The van der Waals surface area contributed by atoms with E-state index < -0.39 is 0 Å². The van der Waals surface area contributed by atoms with Gasteiger partial charge < -0.3 is 10.6 Å². The van der Waals surface area contributed by atoms with Crippen LogP contribution in [-0.2, 0) is 0 Å². The third-order valence-electron chi connectivity index (χ3n) is 3.60. The monoisotopic (exact) mass is 241 g/mol. The number of pyridine rings is 1. The lowest BCUT2D eigenvalue weighted by Crippen LogP contribution is -2.29. The van der Waals surface area contributed by atoms with E-state index in [4.69, 9.17) is 0 Å². The number of anilines is 1. The van der Waals surface area contributed by atoms with Gasteiger partial charge in [-0.05, 0) is 43.8 Å². The molecule has 0 saturated carbocycles. The van der Waals surface area contributed by atoms with Crippen LogP contribution in [0.2, 0.25) is 0 Å². The summed E-state index contributed by atoms with van der Waals surface area (Å²) in [5, 5.41) is 9.44. The van der Waals surface area contributed by atoms with Gasteiger partial charge in [-0.15, -0.1) is 0 Å². The number of aryl methyl sites for hydroxylation is 1. The molecule has 1 unspecified atom stereocenters. The maximum absolute atomic E-state index is 4.47. The van der Waals surface area contributed by atoms with Crippen molar-refractivity contribution in [2.24, 2.45) is 0 Å². The van der Waals surface area contributed by atoms with Crippen LogP contribution in [-0.4, -0.2) is 24.1 Å². The van der Waals surface area contributed by atoms with Crippen molar-refractivity contribution in [1.82, 2.24) is 10.3 Å². The van der Waals surface area contributed by atoms with Crippen molar-refractivity contribution < 1.29 is 0 Å². The summed E-state index contributed by atoms with van der Waals surface area (Å²) >= 11 is 0. The third kappa shape index (κ3) is 2.31. The normalized spacial score (nSPS) is 19.3. The fourth-order valence-electron chi connectivity index (χ4n) is 2.57. The zero-order valence-electron chi connectivity index (χ0n) is 10.7. The van der Waals surface area contributed by atoms with E-state index in [0.717, 1.165) is 18.9 Å². The van der Waals surface area contributed by atoms with E-state index in [1.165, 1.54) is 29.2 Å². The first-order chi connectivity index (χ1) is 8.83. The van der Waals surface area contributed by atoms with E-state index in [2.05, 4.69) is 46.8 Å². The maximum Gasteiger partial charge on any atom is 0.133 e. The zero-order valence-corrected chi connectivity index (χ0v) is 10.7. The molecule has 18 heavy (non-hydrogen) atoms. The number of nitrogens with zero attached hydrogens (tertiary/aromatic N) is 1. The number of hydrogen-bond acceptors (Lipinski definition) is 3. The van der Waals surface area contributed by atoms with Crippen molar-refractivity contribution in [3.05, 3.63) is 36.0 Å². The molecule has 1 fully saturated rings. The highest BCUT2D eigenvalue weighted by Gasteiger charge is 2.13. The van der Waals surface area contributed by atoms with Gasteiger partial charge in [0.05, 0.1) is 0 Å². The summed E-state index contributed by atoms with van der Waals surface area (Å²) in [5.41, 5.74) is 1.28. The average Bonchev–Trinajstić information content (AvgIpc) is 2.89. The lowest BCUT2D eigenvalue weighted by Gasteiger charge is -2.13. The van der Waals surface area contributed by atoms with Crippen LogP contribution >= 0.6 is 0 Å². The summed E-state index contributed by atoms with van der Waals surface area (Å²) in [5.74, 6) is 1.00. The molecule has 1 aliphatic heterocycles. The summed E-state index contributed by atoms with van der Waals surface area (Å²) in [6.45, 7) is 4.23. The summed E-state index contributed by atoms with van der Waals surface area (Å²) in [6.07, 6.45) is 4.42. The number of rotatable bonds is 3. The molecule has 1 aromatic heterocycles. The molecule has 0 amide bonds. The summed E-state index contributed by atoms with van der Waals surface area (Å²) in [4.78, 5) is 4.47. The Bertz CT molecular complexity index is 544. The second-order valence-electron chi connectivity index (χ2n) is 5.06. The van der Waals surface area contributed by atoms with Gasteiger partial charge in [0, 0.05) is 24.2 Å². The molecule has 3 rings (SSSR count). The molecule has 0 spiro atoms. The Balaban J connectivity index is 1.84. The van der Waals surface area contributed by atoms with E-state index in [1.807, 2.05) is 6.20 Å². The van der Waals surface area contributed by atoms with Crippen LogP contribution < -0.4 is 10.6 Å². The van der Waals surface area contributed by atoms with Crippen molar-refractivity contribution in [2.75, 3.05) is 18.4 Å². The van der Waals surface area contributed by atoms with Crippen molar-refractivity contribution in [3.63, 3.8) is 0 Å². The largest absolute Gasteiger partial charge is 0.368 e. The highest BCUT2D eigenvalue weighted by molar-refractivity contribution is 5.92. The Kier molecular flexibility index (Phi) is 3.15. The molecule has 0 radical (unpaired) electrons. The predicted octanol–water partition coefficient (Wildman–Crippen LogP) is 2.71. The van der Waals surface area contributed by atoms with Crippen molar-refractivity contribution in [1.29, 1.82) is 0 Å². The van der Waals surface area contributed by atoms with Crippen molar-refractivity contribution in [3.8, 4) is 0 Å². The average molecular weight is 241 g/mol. The highest BCUT2D eigenvalue weighted by atomic mass is 15.0. The molecule has 1 aromatic carbocycles. The first kappa shape index (κ1) is 11.5. The molecule has 94 valence electrons. The lowest BCUT2D eigenvalue weighted by molar-refractivity contribution is 0.633. The Morgan fingerprint density at radius 3 is 3.17 bits per heavy atom. The van der Waals surface area contributed by atoms with Gasteiger partial charge >= 0.3 is 0 Å². The van der Waals surface area contributed by atoms with Crippen molar-refractivity contribution >= 4 is 16.6 Å². The van der Waals surface area contributed by atoms with Gasteiger partial charge in [0.25, 0.3) is 0 Å². The Labute approximate surface area is 108 Å². The van der Waals surface area contributed by atoms with E-state index in [1.54, 1.807) is 0 Å². The molecule has 2 N–H and O–H groups in total. The lowest BCUT2D eigenvalue weighted by atomic mass is 10.1. The summed E-state index contributed by atoms with van der Waals surface area (Å²) < 4.78 is 0. The first-order valence-corrected chi connectivity index (χ1v) is 6.65. The zero-order chi connectivity index (χ0) is 12.4. The number of fused-ring (bicyclic) bond motifs is 1. The van der Waals surface area contributed by atoms with Gasteiger partial charge in [0.15, 0.2) is 0 Å². The van der Waals surface area contributed by atoms with Gasteiger partial charge in [0.1, 0.15) is 5.82 Å². The van der Waals surface area contributed by atoms with Crippen LogP contribution in [0.5, 0.6) is 0 Å². The van der Waals surface area contributed by atoms with E-state index in [-0.39, 0.29) is 0 Å². The molecule has 1 atom stereocenters. The Hall–Kier alpha value is -1.61. The smallest absolute Gasteiger partial charge is 0.133 e. The topological polar surface area (TPSA) is 37.0 Å². The van der Waals surface area contributed by atoms with Crippen LogP contribution in [0.25, 0.3) is 10.8 Å². The number of nitrogens with one attached hydrogen (secondary N) is 2. The Morgan fingerprint density at radius 2 is 2.33 bits per heavy atom. The van der Waals surface area contributed by atoms with E-state index >= 15 is 0 Å². The third-order valence-corrected chi connectivity index (χ3v) is 3.60. The molecule has 0 bridgehead atoms. The standard InChI is InChI=1S/C15H19N3/c1-11-4-5-12-6-8-17-15(14(12)9-11)18-10-13-3-2-7-16-13/h4-6,8-9,13,16H,2-3,7,10H2,1H3,(H,17,18). The minimum absolute atomic E-state index is 0.590. The number of benzene rings is 1. The molecule has 3 heteroatoms. The van der Waals surface area contributed by atoms with Gasteiger partial charge in [-0.1, -0.05) is 17.7 Å². The minimum Gasteiger partial charge on any atom is -0.368 e. The maximum atomic E-state index is 4.47. The second kappa shape index (κ2) is 4.94. The SMILES string of the molecule is Cc1ccc2ccnc(NCC3CCCN3)c2c1. The van der Waals surface area contributed by atoms with Gasteiger partial charge in [-0.25, -0.2) is 4.98 Å². The quantitative estimate of drug-likeness (QED) is 0.867. The van der Waals surface area contributed by atoms with Gasteiger partial charge in [-0.3, -0.25) is 0 Å². The predicted molar refractivity (Wildman–Crippen MR) is 76.0 cm³/mol. The highest BCUT2D eigenvalue weighted by Crippen LogP contribution is 2.22. The Morgan fingerprint density at radius 1 is 1.39 bits per heavy atom. The number of aromatic nitrogens is 1. The molecule has 1 aliphatic rings. The van der Waals surface area contributed by atoms with Crippen LogP contribution in [0.4, 0.5) is 5.82 Å². The van der Waals surface area contributed by atoms with E-state index in [0.29, 0.717) is 6.04 Å². The summed E-state index contributed by atoms with van der Waals surface area (Å²) in [6, 6.07) is 9.16. The molecule has 2 aromatic rings. The van der Waals surface area contributed by atoms with Crippen LogP contribution in [0.1, 0.15) is 18.4 Å². The fraction of sp³-hybridized carbons (Fsp3) is 0.400. The molecular weight excluding hydrogens is 222 g/mol. The minimum atomic E-state index is 0.590. The summed E-state index contributed by atoms with van der Waals surface area (Å²) in [7, 11) is 0. The van der Waals surface area contributed by atoms with Crippen LogP contribution in [0.3, 0.4) is 0 Å². The first-order valence-electron chi connectivity index (χ1n) is 6.65. The molecule has 3 nitrogen and oxygen atoms in total. The molecular formula is C15H19N3. The molecule has 1 saturated heterocycles. The number of hydrogen-bond donors (Lipinski definition) is 2. The van der Waals surface area contributed by atoms with Crippen LogP contribution in [0.15, 0.2) is 30.5 Å². The molecule has 2 heterocycles.